The highest BCUT2D eigenvalue weighted by Crippen LogP contribution is 2.18. The third-order valence-corrected chi connectivity index (χ3v) is 4.90. The Hall–Kier alpha value is -1.62. The topological polar surface area (TPSA) is 48.5 Å². The first kappa shape index (κ1) is 16.2. The molecule has 1 atom stereocenters. The molecule has 0 unspecified atom stereocenters. The minimum atomic E-state index is 0.318. The van der Waals surface area contributed by atoms with E-state index in [0.29, 0.717) is 18.4 Å². The average molecular weight is 316 g/mol. The Labute approximate surface area is 139 Å². The second-order valence-electron chi connectivity index (χ2n) is 6.88. The molecule has 1 aromatic heterocycles. The first-order valence-corrected chi connectivity index (χ1v) is 8.88. The maximum Gasteiger partial charge on any atom is 0.236 e. The zero-order chi connectivity index (χ0) is 16.1. The molecule has 5 nitrogen and oxygen atoms in total. The molecular formula is C18H28N4O. The highest BCUT2D eigenvalue weighted by molar-refractivity contribution is 5.78. The van der Waals surface area contributed by atoms with E-state index in [9.17, 15) is 4.79 Å². The van der Waals surface area contributed by atoms with Gasteiger partial charge in [-0.05, 0) is 57.2 Å². The van der Waals surface area contributed by atoms with Gasteiger partial charge in [0, 0.05) is 31.9 Å². The summed E-state index contributed by atoms with van der Waals surface area (Å²) in [6.45, 7) is 7.50. The summed E-state index contributed by atoms with van der Waals surface area (Å²) in [7, 11) is 0. The summed E-state index contributed by atoms with van der Waals surface area (Å²) in [6.07, 6.45) is 4.77. The molecule has 1 aromatic rings. The zero-order valence-corrected chi connectivity index (χ0v) is 14.1. The zero-order valence-electron chi connectivity index (χ0n) is 14.1. The number of pyridine rings is 1. The minimum Gasteiger partial charge on any atom is -0.370 e. The fourth-order valence-electron chi connectivity index (χ4n) is 3.55. The predicted molar refractivity (Wildman–Crippen MR) is 92.4 cm³/mol. The van der Waals surface area contributed by atoms with Crippen molar-refractivity contribution in [2.75, 3.05) is 44.6 Å². The molecule has 0 aromatic carbocycles. The third kappa shape index (κ3) is 4.67. The van der Waals surface area contributed by atoms with Crippen molar-refractivity contribution in [1.82, 2.24) is 14.8 Å². The summed E-state index contributed by atoms with van der Waals surface area (Å²) in [5.41, 5.74) is 1.04. The number of aromatic nitrogens is 1. The van der Waals surface area contributed by atoms with Crippen LogP contribution in [-0.2, 0) is 4.79 Å². The van der Waals surface area contributed by atoms with Gasteiger partial charge in [0.05, 0.1) is 6.54 Å². The van der Waals surface area contributed by atoms with Crippen LogP contribution in [0.15, 0.2) is 18.2 Å². The van der Waals surface area contributed by atoms with Crippen molar-refractivity contribution in [2.45, 2.75) is 32.6 Å². The van der Waals surface area contributed by atoms with Gasteiger partial charge in [0.25, 0.3) is 0 Å². The van der Waals surface area contributed by atoms with E-state index >= 15 is 0 Å². The van der Waals surface area contributed by atoms with E-state index in [1.807, 2.05) is 30.0 Å². The Kier molecular flexibility index (Phi) is 5.49. The molecule has 0 aliphatic carbocycles. The van der Waals surface area contributed by atoms with Crippen molar-refractivity contribution in [3.05, 3.63) is 23.9 Å². The molecule has 126 valence electrons. The lowest BCUT2D eigenvalue weighted by atomic mass is 10.1. The molecule has 3 rings (SSSR count). The van der Waals surface area contributed by atoms with Crippen LogP contribution in [0.3, 0.4) is 0 Å². The van der Waals surface area contributed by atoms with E-state index in [0.717, 1.165) is 50.7 Å². The highest BCUT2D eigenvalue weighted by Gasteiger charge is 2.26. The number of likely N-dealkylation sites (tertiary alicyclic amines) is 2. The first-order valence-electron chi connectivity index (χ1n) is 8.88. The number of amides is 1. The maximum atomic E-state index is 12.3. The quantitative estimate of drug-likeness (QED) is 0.904. The van der Waals surface area contributed by atoms with Crippen LogP contribution in [0.5, 0.6) is 0 Å². The van der Waals surface area contributed by atoms with Gasteiger partial charge in [0.2, 0.25) is 5.91 Å². The monoisotopic (exact) mass is 316 g/mol. The number of hydrogen-bond acceptors (Lipinski definition) is 4. The molecule has 5 heteroatoms. The smallest absolute Gasteiger partial charge is 0.236 e. The number of anilines is 1. The number of piperidine rings is 1. The number of carbonyl (C=O) groups is 1. The van der Waals surface area contributed by atoms with Gasteiger partial charge < -0.3 is 10.2 Å². The van der Waals surface area contributed by atoms with Gasteiger partial charge >= 0.3 is 0 Å². The Balaban J connectivity index is 1.40. The number of rotatable bonds is 5. The summed E-state index contributed by atoms with van der Waals surface area (Å²) >= 11 is 0. The molecule has 0 radical (unpaired) electrons. The van der Waals surface area contributed by atoms with Crippen molar-refractivity contribution >= 4 is 11.7 Å². The Morgan fingerprint density at radius 2 is 2.09 bits per heavy atom. The van der Waals surface area contributed by atoms with Gasteiger partial charge in [0.15, 0.2) is 0 Å². The molecule has 2 saturated heterocycles. The van der Waals surface area contributed by atoms with E-state index in [4.69, 9.17) is 0 Å². The Bertz CT molecular complexity index is 528. The molecule has 2 aliphatic rings. The number of carbonyl (C=O) groups excluding carboxylic acids is 1. The van der Waals surface area contributed by atoms with Crippen LogP contribution in [-0.4, -0.2) is 60.0 Å². The second kappa shape index (κ2) is 7.77. The molecular weight excluding hydrogens is 288 g/mol. The molecule has 0 saturated carbocycles. The van der Waals surface area contributed by atoms with E-state index < -0.39 is 0 Å². The highest BCUT2D eigenvalue weighted by atomic mass is 16.2. The van der Waals surface area contributed by atoms with Crippen molar-refractivity contribution < 1.29 is 4.79 Å². The molecule has 23 heavy (non-hydrogen) atoms. The summed E-state index contributed by atoms with van der Waals surface area (Å²) in [4.78, 5) is 21.2. The predicted octanol–water partition coefficient (Wildman–Crippen LogP) is 2.14. The van der Waals surface area contributed by atoms with Crippen molar-refractivity contribution in [1.29, 1.82) is 0 Å². The summed E-state index contributed by atoms with van der Waals surface area (Å²) in [5, 5.41) is 3.43. The van der Waals surface area contributed by atoms with E-state index in [2.05, 4.69) is 15.2 Å². The van der Waals surface area contributed by atoms with Crippen LogP contribution in [0.2, 0.25) is 0 Å². The molecule has 1 N–H and O–H groups in total. The van der Waals surface area contributed by atoms with Crippen LogP contribution in [0.4, 0.5) is 5.82 Å². The van der Waals surface area contributed by atoms with E-state index in [1.54, 1.807) is 0 Å². The SMILES string of the molecule is Cc1cccc(NC[C@@H]2CCN(CC(=O)N3CCCCC3)C2)n1. The molecule has 0 spiro atoms. The van der Waals surface area contributed by atoms with Crippen molar-refractivity contribution in [3.63, 3.8) is 0 Å². The molecule has 2 aliphatic heterocycles. The second-order valence-corrected chi connectivity index (χ2v) is 6.88. The van der Waals surface area contributed by atoms with E-state index in [1.165, 1.54) is 19.3 Å². The van der Waals surface area contributed by atoms with Gasteiger partial charge in [-0.3, -0.25) is 9.69 Å². The maximum absolute atomic E-state index is 12.3. The van der Waals surface area contributed by atoms with Crippen LogP contribution in [0.25, 0.3) is 0 Å². The lowest BCUT2D eigenvalue weighted by Gasteiger charge is -2.28. The molecule has 1 amide bonds. The fourth-order valence-corrected chi connectivity index (χ4v) is 3.55. The van der Waals surface area contributed by atoms with Crippen LogP contribution < -0.4 is 5.32 Å². The summed E-state index contributed by atoms with van der Waals surface area (Å²) in [5.74, 6) is 1.87. The minimum absolute atomic E-state index is 0.318. The number of hydrogen-bond donors (Lipinski definition) is 1. The van der Waals surface area contributed by atoms with Crippen LogP contribution >= 0.6 is 0 Å². The Morgan fingerprint density at radius 3 is 2.87 bits per heavy atom. The van der Waals surface area contributed by atoms with Crippen LogP contribution in [0.1, 0.15) is 31.4 Å². The molecule has 2 fully saturated rings. The van der Waals surface area contributed by atoms with Gasteiger partial charge in [-0.2, -0.15) is 0 Å². The van der Waals surface area contributed by atoms with E-state index in [-0.39, 0.29) is 0 Å². The van der Waals surface area contributed by atoms with Crippen molar-refractivity contribution in [2.24, 2.45) is 5.92 Å². The normalized spacial score (nSPS) is 22.3. The first-order chi connectivity index (χ1) is 11.2. The lowest BCUT2D eigenvalue weighted by molar-refractivity contribution is -0.133. The molecule has 0 bridgehead atoms. The van der Waals surface area contributed by atoms with Gasteiger partial charge in [0.1, 0.15) is 5.82 Å². The Morgan fingerprint density at radius 1 is 1.26 bits per heavy atom. The number of nitrogens with one attached hydrogen (secondary N) is 1. The standard InChI is InChI=1S/C18H28N4O/c1-15-6-5-7-17(20-15)19-12-16-8-11-21(13-16)14-18(23)22-9-3-2-4-10-22/h5-7,16H,2-4,8-14H2,1H3,(H,19,20)/t16-/m0/s1. The summed E-state index contributed by atoms with van der Waals surface area (Å²) < 4.78 is 0. The fraction of sp³-hybridized carbons (Fsp3) is 0.667. The van der Waals surface area contributed by atoms with Gasteiger partial charge in [-0.1, -0.05) is 6.07 Å². The van der Waals surface area contributed by atoms with Gasteiger partial charge in [-0.25, -0.2) is 4.98 Å². The number of aryl methyl sites for hydroxylation is 1. The number of nitrogens with zero attached hydrogens (tertiary/aromatic N) is 3. The van der Waals surface area contributed by atoms with Gasteiger partial charge in [-0.15, -0.1) is 0 Å². The third-order valence-electron chi connectivity index (χ3n) is 4.90. The average Bonchev–Trinajstić information content (AvgIpc) is 3.01. The molecule has 3 heterocycles. The van der Waals surface area contributed by atoms with Crippen molar-refractivity contribution in [3.8, 4) is 0 Å². The lowest BCUT2D eigenvalue weighted by Crippen LogP contribution is -2.42. The van der Waals surface area contributed by atoms with Crippen LogP contribution in [0, 0.1) is 12.8 Å². The summed E-state index contributed by atoms with van der Waals surface area (Å²) in [6, 6.07) is 6.05. The largest absolute Gasteiger partial charge is 0.370 e.